The van der Waals surface area contributed by atoms with Crippen molar-refractivity contribution >= 4 is 22.4 Å². The molecule has 2 heteroatoms. The number of benzene rings is 3. The van der Waals surface area contributed by atoms with Crippen molar-refractivity contribution in [3.63, 3.8) is 0 Å². The Morgan fingerprint density at radius 1 is 0.857 bits per heavy atom. The summed E-state index contributed by atoms with van der Waals surface area (Å²) in [5, 5.41) is 2.22. The molecule has 0 saturated heterocycles. The summed E-state index contributed by atoms with van der Waals surface area (Å²) < 4.78 is 0. The van der Waals surface area contributed by atoms with Gasteiger partial charge in [0.15, 0.2) is 0 Å². The molecule has 21 heavy (non-hydrogen) atoms. The Kier molecular flexibility index (Phi) is 2.43. The van der Waals surface area contributed by atoms with Gasteiger partial charge in [0.05, 0.1) is 5.69 Å². The van der Waals surface area contributed by atoms with E-state index in [9.17, 15) is 4.79 Å². The second-order valence-corrected chi connectivity index (χ2v) is 5.59. The highest BCUT2D eigenvalue weighted by molar-refractivity contribution is 6.26. The third-order valence-corrected chi connectivity index (χ3v) is 4.28. The Morgan fingerprint density at radius 3 is 2.38 bits per heavy atom. The van der Waals surface area contributed by atoms with Crippen LogP contribution in [0.3, 0.4) is 0 Å². The zero-order valence-electron chi connectivity index (χ0n) is 12.1. The first-order valence-corrected chi connectivity index (χ1v) is 7.07. The fourth-order valence-electron chi connectivity index (χ4n) is 3.12. The topological polar surface area (TPSA) is 20.3 Å². The van der Waals surface area contributed by atoms with Crippen LogP contribution >= 0.6 is 0 Å². The van der Waals surface area contributed by atoms with Crippen LogP contribution in [0.4, 0.5) is 5.69 Å². The average molecular weight is 273 g/mol. The molecule has 102 valence electrons. The summed E-state index contributed by atoms with van der Waals surface area (Å²) in [5.41, 5.74) is 5.42. The maximum atomic E-state index is 12.3. The summed E-state index contributed by atoms with van der Waals surface area (Å²) in [5.74, 6) is 0.0802. The molecule has 0 N–H and O–H groups in total. The van der Waals surface area contributed by atoms with Gasteiger partial charge in [0.1, 0.15) is 0 Å². The standard InChI is InChI=1S/C19H15NO/c1-12-6-8-13(9-7-12)14-10-11-17-18-15(14)4-3-5-16(18)19(21)20(17)2/h3-11H,1-2H3. The fraction of sp³-hybridized carbons (Fsp3) is 0.105. The maximum Gasteiger partial charge on any atom is 0.258 e. The van der Waals surface area contributed by atoms with Crippen LogP contribution in [-0.2, 0) is 0 Å². The molecule has 0 aliphatic carbocycles. The minimum Gasteiger partial charge on any atom is -0.311 e. The van der Waals surface area contributed by atoms with E-state index in [-0.39, 0.29) is 5.91 Å². The second-order valence-electron chi connectivity index (χ2n) is 5.59. The van der Waals surface area contributed by atoms with Gasteiger partial charge in [0, 0.05) is 18.0 Å². The molecule has 0 spiro atoms. The smallest absolute Gasteiger partial charge is 0.258 e. The van der Waals surface area contributed by atoms with Crippen LogP contribution in [0.5, 0.6) is 0 Å². The van der Waals surface area contributed by atoms with Crippen LogP contribution in [0.15, 0.2) is 54.6 Å². The lowest BCUT2D eigenvalue weighted by atomic mass is 9.95. The van der Waals surface area contributed by atoms with Gasteiger partial charge < -0.3 is 4.90 Å². The van der Waals surface area contributed by atoms with Gasteiger partial charge in [-0.1, -0.05) is 48.0 Å². The van der Waals surface area contributed by atoms with E-state index in [0.717, 1.165) is 22.0 Å². The highest BCUT2D eigenvalue weighted by Crippen LogP contribution is 2.41. The van der Waals surface area contributed by atoms with Crippen molar-refractivity contribution in [1.82, 2.24) is 0 Å². The average Bonchev–Trinajstić information content (AvgIpc) is 2.76. The van der Waals surface area contributed by atoms with E-state index in [1.165, 1.54) is 16.7 Å². The number of nitrogens with zero attached hydrogens (tertiary/aromatic N) is 1. The second kappa shape index (κ2) is 4.19. The molecule has 1 amide bonds. The summed E-state index contributed by atoms with van der Waals surface area (Å²) in [4.78, 5) is 14.0. The summed E-state index contributed by atoms with van der Waals surface area (Å²) in [7, 11) is 1.84. The van der Waals surface area contributed by atoms with Gasteiger partial charge in [0.2, 0.25) is 0 Å². The number of carbonyl (C=O) groups excluding carboxylic acids is 1. The molecule has 0 atom stereocenters. The Labute approximate surface area is 123 Å². The Balaban J connectivity index is 2.06. The third-order valence-electron chi connectivity index (χ3n) is 4.28. The van der Waals surface area contributed by atoms with Crippen LogP contribution in [0, 0.1) is 6.92 Å². The molecule has 0 bridgehead atoms. The highest BCUT2D eigenvalue weighted by Gasteiger charge is 2.27. The van der Waals surface area contributed by atoms with E-state index in [1.54, 1.807) is 4.90 Å². The van der Waals surface area contributed by atoms with Crippen molar-refractivity contribution < 1.29 is 4.79 Å². The van der Waals surface area contributed by atoms with Gasteiger partial charge in [-0.05, 0) is 35.6 Å². The SMILES string of the molecule is Cc1ccc(-c2ccc3c4c(cccc24)C(=O)N3C)cc1. The number of carbonyl (C=O) groups is 1. The molecule has 3 aromatic rings. The fourth-order valence-corrected chi connectivity index (χ4v) is 3.12. The quantitative estimate of drug-likeness (QED) is 0.643. The summed E-state index contributed by atoms with van der Waals surface area (Å²) in [6.07, 6.45) is 0. The van der Waals surface area contributed by atoms with Crippen molar-refractivity contribution in [3.8, 4) is 11.1 Å². The number of amides is 1. The molecule has 4 rings (SSSR count). The lowest BCUT2D eigenvalue weighted by Crippen LogP contribution is -2.20. The molecule has 0 aromatic heterocycles. The minimum absolute atomic E-state index is 0.0802. The Morgan fingerprint density at radius 2 is 1.62 bits per heavy atom. The van der Waals surface area contributed by atoms with Gasteiger partial charge in [-0.15, -0.1) is 0 Å². The molecule has 1 aliphatic rings. The predicted octanol–water partition coefficient (Wildman–Crippen LogP) is 4.41. The van der Waals surface area contributed by atoms with E-state index in [2.05, 4.69) is 43.3 Å². The van der Waals surface area contributed by atoms with Crippen LogP contribution in [0.25, 0.3) is 21.9 Å². The highest BCUT2D eigenvalue weighted by atomic mass is 16.2. The molecule has 0 fully saturated rings. The van der Waals surface area contributed by atoms with Gasteiger partial charge in [-0.2, -0.15) is 0 Å². The molecule has 3 aromatic carbocycles. The molecule has 0 unspecified atom stereocenters. The van der Waals surface area contributed by atoms with Crippen LogP contribution in [0.1, 0.15) is 15.9 Å². The predicted molar refractivity (Wildman–Crippen MR) is 86.9 cm³/mol. The number of rotatable bonds is 1. The normalized spacial score (nSPS) is 13.2. The van der Waals surface area contributed by atoms with Crippen molar-refractivity contribution in [2.45, 2.75) is 6.92 Å². The number of hydrogen-bond acceptors (Lipinski definition) is 1. The van der Waals surface area contributed by atoms with Crippen molar-refractivity contribution in [3.05, 3.63) is 65.7 Å². The summed E-state index contributed by atoms with van der Waals surface area (Å²) in [6, 6.07) is 18.7. The van der Waals surface area contributed by atoms with E-state index in [4.69, 9.17) is 0 Å². The van der Waals surface area contributed by atoms with E-state index in [0.29, 0.717) is 0 Å². The molecular weight excluding hydrogens is 258 g/mol. The van der Waals surface area contributed by atoms with Crippen molar-refractivity contribution in [2.75, 3.05) is 11.9 Å². The van der Waals surface area contributed by atoms with Crippen LogP contribution < -0.4 is 4.90 Å². The zero-order chi connectivity index (χ0) is 14.6. The Bertz CT molecular complexity index is 878. The van der Waals surface area contributed by atoms with Crippen LogP contribution in [-0.4, -0.2) is 13.0 Å². The van der Waals surface area contributed by atoms with Crippen molar-refractivity contribution in [2.24, 2.45) is 0 Å². The largest absolute Gasteiger partial charge is 0.311 e. The van der Waals surface area contributed by atoms with E-state index in [1.807, 2.05) is 25.2 Å². The van der Waals surface area contributed by atoms with Crippen molar-refractivity contribution in [1.29, 1.82) is 0 Å². The maximum absolute atomic E-state index is 12.3. The molecule has 2 nitrogen and oxygen atoms in total. The monoisotopic (exact) mass is 273 g/mol. The first kappa shape index (κ1) is 12.2. The molecule has 0 radical (unpaired) electrons. The third kappa shape index (κ3) is 1.62. The van der Waals surface area contributed by atoms with Crippen LogP contribution in [0.2, 0.25) is 0 Å². The molecule has 1 heterocycles. The summed E-state index contributed by atoms with van der Waals surface area (Å²) >= 11 is 0. The van der Waals surface area contributed by atoms with Gasteiger partial charge in [0.25, 0.3) is 5.91 Å². The number of anilines is 1. The summed E-state index contributed by atoms with van der Waals surface area (Å²) in [6.45, 7) is 2.09. The lowest BCUT2D eigenvalue weighted by molar-refractivity contribution is 0.0999. The van der Waals surface area contributed by atoms with E-state index >= 15 is 0 Å². The molecule has 1 aliphatic heterocycles. The van der Waals surface area contributed by atoms with Gasteiger partial charge >= 0.3 is 0 Å². The zero-order valence-corrected chi connectivity index (χ0v) is 12.1. The van der Waals surface area contributed by atoms with Gasteiger partial charge in [-0.3, -0.25) is 4.79 Å². The molecular formula is C19H15NO. The first-order chi connectivity index (χ1) is 10.2. The first-order valence-electron chi connectivity index (χ1n) is 7.07. The minimum atomic E-state index is 0.0802. The Hall–Kier alpha value is -2.61. The lowest BCUT2D eigenvalue weighted by Gasteiger charge is -2.12. The van der Waals surface area contributed by atoms with Gasteiger partial charge in [-0.25, -0.2) is 0 Å². The number of hydrogen-bond donors (Lipinski definition) is 0. The number of aryl methyl sites for hydroxylation is 1. The van der Waals surface area contributed by atoms with E-state index < -0.39 is 0 Å². The molecule has 0 saturated carbocycles.